The normalized spacial score (nSPS) is 20.4. The molecule has 1 aliphatic heterocycles. The molecule has 0 spiro atoms. The van der Waals surface area contributed by atoms with Crippen LogP contribution in [0.2, 0.25) is 0 Å². The first kappa shape index (κ1) is 19.8. The number of likely N-dealkylation sites (N-methyl/N-ethyl adjacent to an activating group) is 1. The molecule has 1 atom stereocenters. The van der Waals surface area contributed by atoms with Crippen molar-refractivity contribution in [2.24, 2.45) is 0 Å². The zero-order valence-corrected chi connectivity index (χ0v) is 11.9. The summed E-state index contributed by atoms with van der Waals surface area (Å²) in [5.41, 5.74) is -0.499. The SMILES string of the molecule is CN1CCN(C(=O)OC(C)(C)C)C[C@@H]1[C-]=O.[Li+].[OH3+]. The molecular formula is C11H22LiN2O4+. The van der Waals surface area contributed by atoms with Crippen molar-refractivity contribution < 1.29 is 38.7 Å². The molecule has 0 aromatic rings. The molecule has 0 unspecified atom stereocenters. The number of ether oxygens (including phenoxy) is 1. The molecule has 3 N–H and O–H groups in total. The number of hydrogen-bond acceptors (Lipinski definition) is 4. The quantitative estimate of drug-likeness (QED) is 0.279. The average Bonchev–Trinajstić information content (AvgIpc) is 2.15. The molecule has 0 saturated carbocycles. The van der Waals surface area contributed by atoms with Crippen LogP contribution in [-0.2, 0) is 15.0 Å². The molecule has 0 aliphatic carbocycles. The van der Waals surface area contributed by atoms with Crippen LogP contribution in [0, 0.1) is 0 Å². The van der Waals surface area contributed by atoms with E-state index in [1.54, 1.807) is 4.90 Å². The van der Waals surface area contributed by atoms with Crippen molar-refractivity contribution in [3.05, 3.63) is 0 Å². The van der Waals surface area contributed by atoms with Gasteiger partial charge in [0.2, 0.25) is 0 Å². The summed E-state index contributed by atoms with van der Waals surface area (Å²) in [4.78, 5) is 25.9. The summed E-state index contributed by atoms with van der Waals surface area (Å²) in [6, 6.07) is -0.346. The summed E-state index contributed by atoms with van der Waals surface area (Å²) in [5.74, 6) is 0. The van der Waals surface area contributed by atoms with Crippen LogP contribution >= 0.6 is 0 Å². The van der Waals surface area contributed by atoms with E-state index in [4.69, 9.17) is 4.74 Å². The zero-order valence-electron chi connectivity index (χ0n) is 11.9. The van der Waals surface area contributed by atoms with Crippen LogP contribution in [0.1, 0.15) is 20.8 Å². The fraction of sp³-hybridized carbons (Fsp3) is 0.818. The van der Waals surface area contributed by atoms with Crippen LogP contribution in [0.4, 0.5) is 4.79 Å². The molecule has 100 valence electrons. The molecule has 1 rings (SSSR count). The van der Waals surface area contributed by atoms with Gasteiger partial charge in [0.05, 0.1) is 0 Å². The second kappa shape index (κ2) is 7.80. The van der Waals surface area contributed by atoms with E-state index in [2.05, 4.69) is 0 Å². The Bertz CT molecular complexity index is 281. The first-order valence-corrected chi connectivity index (χ1v) is 5.39. The Hall–Kier alpha value is -0.543. The average molecular weight is 253 g/mol. The summed E-state index contributed by atoms with van der Waals surface area (Å²) in [7, 11) is 1.85. The summed E-state index contributed by atoms with van der Waals surface area (Å²) in [6.07, 6.45) is 1.57. The molecule has 0 aromatic carbocycles. The van der Waals surface area contributed by atoms with Crippen molar-refractivity contribution in [3.8, 4) is 0 Å². The predicted octanol–water partition coefficient (Wildman–Crippen LogP) is -3.27. The van der Waals surface area contributed by atoms with Crippen LogP contribution in [0.25, 0.3) is 0 Å². The Morgan fingerprint density at radius 1 is 1.33 bits per heavy atom. The largest absolute Gasteiger partial charge is 1.00 e. The number of amides is 1. The van der Waals surface area contributed by atoms with Crippen molar-refractivity contribution in [3.63, 3.8) is 0 Å². The molecule has 0 radical (unpaired) electrons. The second-order valence-electron chi connectivity index (χ2n) is 5.04. The summed E-state index contributed by atoms with van der Waals surface area (Å²) in [6.45, 7) is 7.08. The van der Waals surface area contributed by atoms with Crippen LogP contribution in [0.3, 0.4) is 0 Å². The van der Waals surface area contributed by atoms with E-state index in [1.807, 2.05) is 39.0 Å². The predicted molar refractivity (Wildman–Crippen MR) is 64.8 cm³/mol. The molecule has 7 heteroatoms. The van der Waals surface area contributed by atoms with E-state index < -0.39 is 5.60 Å². The van der Waals surface area contributed by atoms with E-state index in [1.165, 1.54) is 0 Å². The van der Waals surface area contributed by atoms with Gasteiger partial charge in [-0.1, -0.05) is 6.04 Å². The smallest absolute Gasteiger partial charge is 0.540 e. The maximum Gasteiger partial charge on any atom is 1.00 e. The van der Waals surface area contributed by atoms with Crippen LogP contribution in [0.15, 0.2) is 0 Å². The van der Waals surface area contributed by atoms with E-state index >= 15 is 0 Å². The Balaban J connectivity index is 0. The fourth-order valence-corrected chi connectivity index (χ4v) is 1.49. The number of carbonyl (C=O) groups is 1. The van der Waals surface area contributed by atoms with Gasteiger partial charge in [0.1, 0.15) is 5.60 Å². The van der Waals surface area contributed by atoms with E-state index in [-0.39, 0.29) is 36.5 Å². The van der Waals surface area contributed by atoms with Crippen molar-refractivity contribution in [2.45, 2.75) is 32.4 Å². The summed E-state index contributed by atoms with van der Waals surface area (Å²) in [5, 5.41) is 0. The van der Waals surface area contributed by atoms with Crippen LogP contribution < -0.4 is 18.9 Å². The molecule has 1 amide bonds. The molecule has 1 fully saturated rings. The molecule has 0 aromatic heterocycles. The van der Waals surface area contributed by atoms with Crippen molar-refractivity contribution >= 4 is 12.4 Å². The molecule has 18 heavy (non-hydrogen) atoms. The Labute approximate surface area is 120 Å². The minimum Gasteiger partial charge on any atom is -0.540 e. The minimum atomic E-state index is -0.499. The topological polar surface area (TPSA) is 82.8 Å². The number of piperazine rings is 1. The molecule has 0 bridgehead atoms. The number of nitrogens with zero attached hydrogens (tertiary/aromatic N) is 2. The maximum atomic E-state index is 11.7. The van der Waals surface area contributed by atoms with Crippen molar-refractivity contribution in [2.75, 3.05) is 26.7 Å². The number of rotatable bonds is 1. The van der Waals surface area contributed by atoms with E-state index in [9.17, 15) is 9.59 Å². The molecular weight excluding hydrogens is 231 g/mol. The van der Waals surface area contributed by atoms with Crippen LogP contribution in [-0.4, -0.2) is 60.5 Å². The number of hydrogen-bond donors (Lipinski definition) is 0. The maximum absolute atomic E-state index is 11.7. The third-order valence-corrected chi connectivity index (χ3v) is 2.44. The molecule has 1 heterocycles. The van der Waals surface area contributed by atoms with Gasteiger partial charge in [-0.05, 0) is 27.8 Å². The summed E-state index contributed by atoms with van der Waals surface area (Å²) < 4.78 is 5.24. The molecule has 6 nitrogen and oxygen atoms in total. The van der Waals surface area contributed by atoms with Gasteiger partial charge < -0.3 is 24.8 Å². The van der Waals surface area contributed by atoms with Gasteiger partial charge in [-0.25, -0.2) is 11.1 Å². The molecule has 1 saturated heterocycles. The van der Waals surface area contributed by atoms with E-state index in [0.717, 1.165) is 0 Å². The Morgan fingerprint density at radius 2 is 1.89 bits per heavy atom. The van der Waals surface area contributed by atoms with Gasteiger partial charge in [0, 0.05) is 19.6 Å². The Kier molecular flexibility index (Phi) is 8.57. The van der Waals surface area contributed by atoms with Gasteiger partial charge in [-0.3, -0.25) is 0 Å². The van der Waals surface area contributed by atoms with Gasteiger partial charge in [0.25, 0.3) is 0 Å². The third-order valence-electron chi connectivity index (χ3n) is 2.44. The van der Waals surface area contributed by atoms with Crippen molar-refractivity contribution in [1.29, 1.82) is 0 Å². The summed E-state index contributed by atoms with van der Waals surface area (Å²) >= 11 is 0. The standard InChI is InChI=1S/C11H19N2O3.Li.H2O/c1-11(2,3)16-10(15)13-6-5-12(4)9(7-13)8-14;;/h9H,5-7H2,1-4H3;;1H2/q-1;+1;/p+1/t9-;;/m1../s1. The van der Waals surface area contributed by atoms with Gasteiger partial charge in [-0.2, -0.15) is 0 Å². The first-order valence-electron chi connectivity index (χ1n) is 5.39. The molecule has 1 aliphatic rings. The first-order chi connectivity index (χ1) is 7.33. The zero-order chi connectivity index (χ0) is 12.3. The second-order valence-corrected chi connectivity index (χ2v) is 5.04. The van der Waals surface area contributed by atoms with Crippen LogP contribution in [0.5, 0.6) is 0 Å². The fourth-order valence-electron chi connectivity index (χ4n) is 1.49. The van der Waals surface area contributed by atoms with E-state index in [0.29, 0.717) is 19.6 Å². The van der Waals surface area contributed by atoms with Gasteiger partial charge in [-0.15, -0.1) is 0 Å². The van der Waals surface area contributed by atoms with Gasteiger partial charge in [0.15, 0.2) is 0 Å². The minimum absolute atomic E-state index is 0. The van der Waals surface area contributed by atoms with Crippen molar-refractivity contribution in [1.82, 2.24) is 9.80 Å². The van der Waals surface area contributed by atoms with Gasteiger partial charge >= 0.3 is 25.0 Å². The monoisotopic (exact) mass is 253 g/mol. The Morgan fingerprint density at radius 3 is 2.33 bits per heavy atom. The number of carbonyl (C=O) groups excluding carboxylic acids is 2. The third kappa shape index (κ3) is 5.87.